The fraction of sp³-hybridized carbons (Fsp3) is 0.222. The molecule has 0 N–H and O–H groups in total. The van der Waals surface area contributed by atoms with E-state index in [1.54, 1.807) is 19.4 Å². The second kappa shape index (κ2) is 3.27. The molecule has 0 fully saturated rings. The van der Waals surface area contributed by atoms with E-state index in [9.17, 15) is 4.21 Å². The minimum atomic E-state index is -2.22. The summed E-state index contributed by atoms with van der Waals surface area (Å²) in [6.07, 6.45) is 1.62. The van der Waals surface area contributed by atoms with Gasteiger partial charge in [0.05, 0.1) is 14.6 Å². The van der Waals surface area contributed by atoms with Crippen molar-refractivity contribution in [2.75, 3.05) is 13.3 Å². The molecule has 12 heavy (non-hydrogen) atoms. The van der Waals surface area contributed by atoms with Crippen molar-refractivity contribution < 1.29 is 4.21 Å². The first kappa shape index (κ1) is 9.26. The molecule has 0 heterocycles. The molecule has 2 nitrogen and oxygen atoms in total. The molecule has 0 saturated heterocycles. The first-order valence-corrected chi connectivity index (χ1v) is 5.51. The zero-order valence-electron chi connectivity index (χ0n) is 7.28. The number of nitrogens with zero attached hydrogens (tertiary/aromatic N) is 1. The Hall–Kier alpha value is -0.830. The molecule has 1 unspecified atom stereocenters. The first-order valence-electron chi connectivity index (χ1n) is 3.59. The van der Waals surface area contributed by atoms with E-state index in [0.29, 0.717) is 0 Å². The van der Waals surface area contributed by atoms with Gasteiger partial charge in [0.25, 0.3) is 0 Å². The lowest BCUT2D eigenvalue weighted by Gasteiger charge is -2.05. The molecule has 0 aromatic heterocycles. The summed E-state index contributed by atoms with van der Waals surface area (Å²) in [7, 11) is -0.652. The fourth-order valence-electron chi connectivity index (χ4n) is 0.972. The molecule has 0 saturated carbocycles. The Morgan fingerprint density at radius 2 is 2.00 bits per heavy atom. The molecule has 1 aromatic carbocycles. The third-order valence-electron chi connectivity index (χ3n) is 1.73. The van der Waals surface area contributed by atoms with Crippen molar-refractivity contribution in [3.63, 3.8) is 0 Å². The molecule has 0 aliphatic heterocycles. The highest BCUT2D eigenvalue weighted by Crippen LogP contribution is 2.15. The van der Waals surface area contributed by atoms with Crippen molar-refractivity contribution in [2.24, 2.45) is 4.36 Å². The highest BCUT2D eigenvalue weighted by molar-refractivity contribution is 7.93. The van der Waals surface area contributed by atoms with Gasteiger partial charge >= 0.3 is 0 Å². The fourth-order valence-corrected chi connectivity index (χ4v) is 2.05. The van der Waals surface area contributed by atoms with Crippen LogP contribution < -0.4 is 0 Å². The quantitative estimate of drug-likeness (QED) is 0.652. The highest BCUT2D eigenvalue weighted by Gasteiger charge is 2.06. The summed E-state index contributed by atoms with van der Waals surface area (Å²) >= 11 is 0. The van der Waals surface area contributed by atoms with Crippen LogP contribution >= 0.6 is 0 Å². The second-order valence-corrected chi connectivity index (χ2v) is 5.00. The lowest BCUT2D eigenvalue weighted by Crippen LogP contribution is -1.99. The Morgan fingerprint density at radius 3 is 2.50 bits per heavy atom. The Morgan fingerprint density at radius 1 is 1.42 bits per heavy atom. The molecule has 0 aliphatic carbocycles. The average Bonchev–Trinajstić information content (AvgIpc) is 2.05. The van der Waals surface area contributed by atoms with E-state index in [0.717, 1.165) is 10.5 Å². The largest absolute Gasteiger partial charge is 0.245 e. The summed E-state index contributed by atoms with van der Waals surface area (Å²) in [4.78, 5) is 0.729. The van der Waals surface area contributed by atoms with Gasteiger partial charge in [0.1, 0.15) is 0 Å². The highest BCUT2D eigenvalue weighted by atomic mass is 32.2. The third kappa shape index (κ3) is 1.67. The van der Waals surface area contributed by atoms with Crippen molar-refractivity contribution >= 4 is 9.73 Å². The van der Waals surface area contributed by atoms with Crippen LogP contribution in [0, 0.1) is 6.92 Å². The smallest absolute Gasteiger partial charge is 0.0723 e. The van der Waals surface area contributed by atoms with Gasteiger partial charge in [0, 0.05) is 13.3 Å². The topological polar surface area (TPSA) is 29.4 Å². The number of rotatable bonds is 1. The maximum Gasteiger partial charge on any atom is 0.0723 e. The average molecular weight is 182 g/mol. The molecule has 3 heteroatoms. The van der Waals surface area contributed by atoms with Crippen molar-refractivity contribution in [1.82, 2.24) is 0 Å². The molecule has 65 valence electrons. The van der Waals surface area contributed by atoms with E-state index in [1.165, 1.54) is 0 Å². The molecular formula is C9H12NOS. The maximum absolute atomic E-state index is 11.8. The van der Waals surface area contributed by atoms with Gasteiger partial charge in [-0.25, -0.2) is 8.57 Å². The minimum absolute atomic E-state index is 0.729. The van der Waals surface area contributed by atoms with Crippen LogP contribution in [0.2, 0.25) is 0 Å². The molecule has 1 rings (SSSR count). The lowest BCUT2D eigenvalue weighted by atomic mass is 10.2. The molecule has 1 aromatic rings. The van der Waals surface area contributed by atoms with Gasteiger partial charge in [-0.3, -0.25) is 0 Å². The van der Waals surface area contributed by atoms with Gasteiger partial charge in [0.15, 0.2) is 0 Å². The zero-order valence-corrected chi connectivity index (χ0v) is 8.10. The third-order valence-corrected chi connectivity index (χ3v) is 3.64. The van der Waals surface area contributed by atoms with E-state index < -0.39 is 9.73 Å². The van der Waals surface area contributed by atoms with Crippen LogP contribution in [0.1, 0.15) is 5.56 Å². The second-order valence-electron chi connectivity index (χ2n) is 2.59. The Bertz CT molecular complexity index is 389. The van der Waals surface area contributed by atoms with Gasteiger partial charge in [-0.05, 0) is 18.6 Å². The summed E-state index contributed by atoms with van der Waals surface area (Å²) in [5.41, 5.74) is 0.788. The summed E-state index contributed by atoms with van der Waals surface area (Å²) in [5, 5.41) is 0. The Kier molecular flexibility index (Phi) is 2.52. The van der Waals surface area contributed by atoms with Gasteiger partial charge in [-0.1, -0.05) is 18.2 Å². The summed E-state index contributed by atoms with van der Waals surface area (Å²) < 4.78 is 15.6. The zero-order chi connectivity index (χ0) is 9.19. The van der Waals surface area contributed by atoms with Crippen LogP contribution in [-0.2, 0) is 9.73 Å². The van der Waals surface area contributed by atoms with Crippen LogP contribution in [0.4, 0.5) is 0 Å². The molecule has 1 radical (unpaired) electrons. The Labute approximate surface area is 73.8 Å². The van der Waals surface area contributed by atoms with Crippen molar-refractivity contribution in [3.05, 3.63) is 36.8 Å². The number of benzene rings is 1. The van der Waals surface area contributed by atoms with Crippen LogP contribution in [0.5, 0.6) is 0 Å². The molecular weight excluding hydrogens is 170 g/mol. The predicted molar refractivity (Wildman–Crippen MR) is 51.6 cm³/mol. The van der Waals surface area contributed by atoms with Gasteiger partial charge in [-0.15, -0.1) is 0 Å². The van der Waals surface area contributed by atoms with E-state index >= 15 is 0 Å². The summed E-state index contributed by atoms with van der Waals surface area (Å²) in [6, 6.07) is 7.36. The van der Waals surface area contributed by atoms with Crippen LogP contribution in [-0.4, -0.2) is 17.5 Å². The maximum atomic E-state index is 11.8. The number of hydrogen-bond donors (Lipinski definition) is 0. The van der Waals surface area contributed by atoms with Crippen LogP contribution in [0.15, 0.2) is 33.5 Å². The molecule has 0 aliphatic rings. The normalized spacial score (nSPS) is 15.2. The van der Waals surface area contributed by atoms with Crippen molar-refractivity contribution in [3.8, 4) is 0 Å². The monoisotopic (exact) mass is 182 g/mol. The predicted octanol–water partition coefficient (Wildman–Crippen LogP) is 1.96. The minimum Gasteiger partial charge on any atom is -0.245 e. The van der Waals surface area contributed by atoms with Crippen LogP contribution in [0.25, 0.3) is 0 Å². The summed E-state index contributed by atoms with van der Waals surface area (Å²) in [5.74, 6) is 0. The van der Waals surface area contributed by atoms with Crippen molar-refractivity contribution in [2.45, 2.75) is 4.90 Å². The standard InChI is InChI=1S/C9H12NOS/c1-8-6-4-5-7-9(8)12(3,11)10-2/h4-7H,1H2,2-3H3. The lowest BCUT2D eigenvalue weighted by molar-refractivity contribution is 0.680. The molecule has 0 bridgehead atoms. The van der Waals surface area contributed by atoms with E-state index in [4.69, 9.17) is 0 Å². The van der Waals surface area contributed by atoms with Gasteiger partial charge < -0.3 is 0 Å². The van der Waals surface area contributed by atoms with Gasteiger partial charge in [0.2, 0.25) is 0 Å². The van der Waals surface area contributed by atoms with E-state index in [-0.39, 0.29) is 0 Å². The summed E-state index contributed by atoms with van der Waals surface area (Å²) in [6.45, 7) is 3.80. The molecule has 1 atom stereocenters. The SMILES string of the molecule is [CH2]c1ccccc1S(C)(=O)=NC. The van der Waals surface area contributed by atoms with Crippen LogP contribution in [0.3, 0.4) is 0 Å². The number of hydrogen-bond acceptors (Lipinski definition) is 2. The molecule has 0 amide bonds. The Balaban J connectivity index is 3.40. The first-order chi connectivity index (χ1) is 5.58. The molecule has 0 spiro atoms. The van der Waals surface area contributed by atoms with Gasteiger partial charge in [-0.2, -0.15) is 0 Å². The van der Waals surface area contributed by atoms with E-state index in [1.807, 2.05) is 18.2 Å². The van der Waals surface area contributed by atoms with Crippen molar-refractivity contribution in [1.29, 1.82) is 0 Å². The van der Waals surface area contributed by atoms with E-state index in [2.05, 4.69) is 11.3 Å².